The zero-order chi connectivity index (χ0) is 16.4. The number of carbonyl (C=O) groups excluding carboxylic acids is 2. The SMILES string of the molecule is CCCCCOc1cc(O)c2c(c1O)C(=O)C(O)=C(O)C2=O. The number of carbonyl (C=O) groups is 2. The third-order valence-corrected chi connectivity index (χ3v) is 3.36. The molecule has 22 heavy (non-hydrogen) atoms. The summed E-state index contributed by atoms with van der Waals surface area (Å²) >= 11 is 0. The van der Waals surface area contributed by atoms with Crippen LogP contribution in [0.4, 0.5) is 0 Å². The average Bonchev–Trinajstić information content (AvgIpc) is 2.49. The van der Waals surface area contributed by atoms with Gasteiger partial charge in [0.05, 0.1) is 17.7 Å². The van der Waals surface area contributed by atoms with Gasteiger partial charge >= 0.3 is 0 Å². The fraction of sp³-hybridized carbons (Fsp3) is 0.333. The number of hydrogen-bond donors (Lipinski definition) is 4. The van der Waals surface area contributed by atoms with Crippen LogP contribution in [0.2, 0.25) is 0 Å². The minimum atomic E-state index is -1.17. The molecule has 0 aromatic heterocycles. The Bertz CT molecular complexity index is 673. The third kappa shape index (κ3) is 2.45. The maximum absolute atomic E-state index is 11.9. The zero-order valence-electron chi connectivity index (χ0n) is 11.9. The van der Waals surface area contributed by atoms with E-state index in [2.05, 4.69) is 0 Å². The molecule has 0 amide bonds. The number of benzene rings is 1. The van der Waals surface area contributed by atoms with Gasteiger partial charge in [0.15, 0.2) is 11.5 Å². The van der Waals surface area contributed by atoms with Crippen LogP contribution in [0.15, 0.2) is 17.6 Å². The monoisotopic (exact) mass is 308 g/mol. The molecular weight excluding hydrogens is 292 g/mol. The third-order valence-electron chi connectivity index (χ3n) is 3.36. The number of aliphatic hydroxyl groups excluding tert-OH is 2. The standard InChI is InChI=1S/C15H16O7/c1-2-3-4-5-22-8-6-7(16)9-10(11(8)17)13(19)15(21)14(20)12(9)18/h6,16-17,20-21H,2-5H2,1H3. The van der Waals surface area contributed by atoms with Crippen LogP contribution in [-0.4, -0.2) is 38.6 Å². The van der Waals surface area contributed by atoms with E-state index in [0.717, 1.165) is 18.9 Å². The van der Waals surface area contributed by atoms with Crippen molar-refractivity contribution in [2.75, 3.05) is 6.61 Å². The summed E-state index contributed by atoms with van der Waals surface area (Å²) in [5.74, 6) is -6.06. The minimum absolute atomic E-state index is 0.164. The Kier molecular flexibility index (Phi) is 4.25. The summed E-state index contributed by atoms with van der Waals surface area (Å²) in [5, 5.41) is 38.8. The topological polar surface area (TPSA) is 124 Å². The number of rotatable bonds is 5. The lowest BCUT2D eigenvalue weighted by Crippen LogP contribution is -2.22. The van der Waals surface area contributed by atoms with E-state index in [1.165, 1.54) is 0 Å². The first-order valence-electron chi connectivity index (χ1n) is 6.83. The molecule has 0 bridgehead atoms. The summed E-state index contributed by atoms with van der Waals surface area (Å²) < 4.78 is 5.30. The number of aromatic hydroxyl groups is 2. The van der Waals surface area contributed by atoms with E-state index in [4.69, 9.17) is 4.74 Å². The van der Waals surface area contributed by atoms with Crippen molar-refractivity contribution in [2.45, 2.75) is 26.2 Å². The second kappa shape index (κ2) is 5.97. The van der Waals surface area contributed by atoms with Crippen molar-refractivity contribution < 1.29 is 34.8 Å². The molecular formula is C15H16O7. The van der Waals surface area contributed by atoms with Crippen molar-refractivity contribution in [2.24, 2.45) is 0 Å². The number of aliphatic hydroxyl groups is 2. The van der Waals surface area contributed by atoms with Crippen molar-refractivity contribution in [1.82, 2.24) is 0 Å². The normalized spacial score (nSPS) is 14.2. The number of ketones is 2. The number of fused-ring (bicyclic) bond motifs is 1. The highest BCUT2D eigenvalue weighted by Gasteiger charge is 2.38. The van der Waals surface area contributed by atoms with Gasteiger partial charge in [-0.2, -0.15) is 0 Å². The zero-order valence-corrected chi connectivity index (χ0v) is 11.9. The summed E-state index contributed by atoms with van der Waals surface area (Å²) in [6.07, 6.45) is 2.59. The molecule has 2 rings (SSSR count). The van der Waals surface area contributed by atoms with Crippen LogP contribution in [0.1, 0.15) is 46.9 Å². The van der Waals surface area contributed by atoms with Crippen molar-refractivity contribution in [3.8, 4) is 17.2 Å². The van der Waals surface area contributed by atoms with Crippen LogP contribution < -0.4 is 4.74 Å². The Labute approximate surface area is 126 Å². The first kappa shape index (κ1) is 15.7. The van der Waals surface area contributed by atoms with E-state index in [0.29, 0.717) is 6.42 Å². The summed E-state index contributed by atoms with van der Waals surface area (Å²) in [4.78, 5) is 23.8. The van der Waals surface area contributed by atoms with Crippen LogP contribution in [0.5, 0.6) is 17.2 Å². The molecule has 0 saturated heterocycles. The quantitative estimate of drug-likeness (QED) is 0.486. The van der Waals surface area contributed by atoms with Crippen LogP contribution in [0.3, 0.4) is 0 Å². The highest BCUT2D eigenvalue weighted by molar-refractivity contribution is 6.27. The van der Waals surface area contributed by atoms with Crippen molar-refractivity contribution in [1.29, 1.82) is 0 Å². The predicted molar refractivity (Wildman–Crippen MR) is 75.7 cm³/mol. The molecule has 1 aliphatic rings. The molecule has 1 aliphatic carbocycles. The highest BCUT2D eigenvalue weighted by Crippen LogP contribution is 2.42. The Morgan fingerprint density at radius 1 is 0.955 bits per heavy atom. The molecule has 118 valence electrons. The molecule has 0 fully saturated rings. The summed E-state index contributed by atoms with van der Waals surface area (Å²) in [5.41, 5.74) is -1.13. The van der Waals surface area contributed by atoms with E-state index in [9.17, 15) is 30.0 Å². The number of hydrogen-bond acceptors (Lipinski definition) is 7. The lowest BCUT2D eigenvalue weighted by molar-refractivity contribution is 0.0875. The first-order chi connectivity index (χ1) is 10.4. The summed E-state index contributed by atoms with van der Waals surface area (Å²) in [6.45, 7) is 2.27. The molecule has 0 aliphatic heterocycles. The Morgan fingerprint density at radius 3 is 2.14 bits per heavy atom. The van der Waals surface area contributed by atoms with Gasteiger partial charge in [-0.1, -0.05) is 19.8 Å². The van der Waals surface area contributed by atoms with Crippen molar-refractivity contribution in [3.05, 3.63) is 28.7 Å². The Morgan fingerprint density at radius 2 is 1.55 bits per heavy atom. The van der Waals surface area contributed by atoms with Crippen LogP contribution in [0, 0.1) is 0 Å². The molecule has 0 atom stereocenters. The molecule has 4 N–H and O–H groups in total. The number of phenolic OH excluding ortho intramolecular Hbond substituents is 2. The van der Waals surface area contributed by atoms with E-state index < -0.39 is 45.7 Å². The number of unbranched alkanes of at least 4 members (excludes halogenated alkanes) is 2. The van der Waals surface area contributed by atoms with E-state index in [-0.39, 0.29) is 12.4 Å². The van der Waals surface area contributed by atoms with Gasteiger partial charge in [0.1, 0.15) is 5.75 Å². The van der Waals surface area contributed by atoms with Gasteiger partial charge in [-0.25, -0.2) is 0 Å². The number of ether oxygens (including phenoxy) is 1. The van der Waals surface area contributed by atoms with Gasteiger partial charge in [-0.05, 0) is 6.42 Å². The molecule has 0 heterocycles. The van der Waals surface area contributed by atoms with Gasteiger partial charge in [-0.15, -0.1) is 0 Å². The van der Waals surface area contributed by atoms with Crippen molar-refractivity contribution in [3.63, 3.8) is 0 Å². The largest absolute Gasteiger partial charge is 0.507 e. The lowest BCUT2D eigenvalue weighted by Gasteiger charge is -2.18. The Balaban J connectivity index is 2.44. The van der Waals surface area contributed by atoms with Crippen molar-refractivity contribution >= 4 is 11.6 Å². The molecule has 0 spiro atoms. The fourth-order valence-corrected chi connectivity index (χ4v) is 2.18. The molecule has 0 radical (unpaired) electrons. The number of phenols is 2. The maximum Gasteiger partial charge on any atom is 0.236 e. The van der Waals surface area contributed by atoms with E-state index in [1.54, 1.807) is 0 Å². The van der Waals surface area contributed by atoms with Gasteiger partial charge < -0.3 is 25.2 Å². The number of Topliss-reactive ketones (excluding diaryl/α,β-unsaturated/α-hetero) is 2. The van der Waals surface area contributed by atoms with E-state index in [1.807, 2.05) is 6.92 Å². The molecule has 7 nitrogen and oxygen atoms in total. The second-order valence-corrected chi connectivity index (χ2v) is 4.90. The first-order valence-corrected chi connectivity index (χ1v) is 6.83. The molecule has 0 unspecified atom stereocenters. The molecule has 7 heteroatoms. The van der Waals surface area contributed by atoms with Gasteiger partial charge in [0.2, 0.25) is 23.1 Å². The molecule has 1 aromatic carbocycles. The molecule has 1 aromatic rings. The van der Waals surface area contributed by atoms with Gasteiger partial charge in [0.25, 0.3) is 0 Å². The Hall–Kier alpha value is -2.70. The fourth-order valence-electron chi connectivity index (χ4n) is 2.18. The molecule has 0 saturated carbocycles. The van der Waals surface area contributed by atoms with E-state index >= 15 is 0 Å². The predicted octanol–water partition coefficient (Wildman–Crippen LogP) is 2.37. The van der Waals surface area contributed by atoms with Gasteiger partial charge in [-0.3, -0.25) is 9.59 Å². The van der Waals surface area contributed by atoms with Crippen LogP contribution >= 0.6 is 0 Å². The van der Waals surface area contributed by atoms with Crippen LogP contribution in [-0.2, 0) is 0 Å². The average molecular weight is 308 g/mol. The lowest BCUT2D eigenvalue weighted by atomic mass is 9.90. The van der Waals surface area contributed by atoms with Gasteiger partial charge in [0, 0.05) is 6.07 Å². The summed E-state index contributed by atoms with van der Waals surface area (Å²) in [7, 11) is 0. The number of allylic oxidation sites excluding steroid dienone is 2. The smallest absolute Gasteiger partial charge is 0.236 e. The summed E-state index contributed by atoms with van der Waals surface area (Å²) in [6, 6.07) is 1.00. The maximum atomic E-state index is 11.9. The highest BCUT2D eigenvalue weighted by atomic mass is 16.5. The second-order valence-electron chi connectivity index (χ2n) is 4.90. The van der Waals surface area contributed by atoms with Crippen LogP contribution in [0.25, 0.3) is 0 Å². The minimum Gasteiger partial charge on any atom is -0.507 e.